The van der Waals surface area contributed by atoms with E-state index >= 15 is 0 Å². The van der Waals surface area contributed by atoms with Crippen molar-refractivity contribution < 1.29 is 9.21 Å². The van der Waals surface area contributed by atoms with Crippen LogP contribution in [0.1, 0.15) is 27.3 Å². The number of thioether (sulfide) groups is 1. The monoisotopic (exact) mass is 470 g/mol. The Hall–Kier alpha value is -2.58. The number of halogens is 1. The van der Waals surface area contributed by atoms with Gasteiger partial charge >= 0.3 is 0 Å². The highest BCUT2D eigenvalue weighted by Gasteiger charge is 2.19. The molecule has 0 fully saturated rings. The third kappa shape index (κ3) is 4.38. The van der Waals surface area contributed by atoms with E-state index < -0.39 is 0 Å². The summed E-state index contributed by atoms with van der Waals surface area (Å²) in [5.74, 6) is 1.60. The Bertz CT molecular complexity index is 1150. The van der Waals surface area contributed by atoms with E-state index in [-0.39, 0.29) is 11.5 Å². The Morgan fingerprint density at radius 3 is 2.62 bits per heavy atom. The minimum absolute atomic E-state index is 0.0633. The standard InChI is InChI=1S/C21H19BrN4O2S/c1-13-10-16(14(2)23-13)17(27)12-29-21-25-24-20(18-8-9-19(22)28-18)26(21)11-15-6-4-3-5-7-15/h3-10,23H,11-12H2,1-2H3. The predicted octanol–water partition coefficient (Wildman–Crippen LogP) is 5.27. The molecule has 1 N–H and O–H groups in total. The molecule has 0 bridgehead atoms. The molecule has 3 heterocycles. The zero-order chi connectivity index (χ0) is 20.4. The number of carbonyl (C=O) groups excluding carboxylic acids is 1. The molecule has 0 aliphatic carbocycles. The maximum Gasteiger partial charge on any atom is 0.200 e. The zero-order valence-electron chi connectivity index (χ0n) is 16.0. The molecule has 8 heteroatoms. The second kappa shape index (κ2) is 8.42. The molecule has 0 saturated carbocycles. The van der Waals surface area contributed by atoms with E-state index in [2.05, 4.69) is 31.1 Å². The van der Waals surface area contributed by atoms with E-state index in [1.807, 2.05) is 66.9 Å². The number of hydrogen-bond donors (Lipinski definition) is 1. The molecule has 0 atom stereocenters. The van der Waals surface area contributed by atoms with Crippen molar-refractivity contribution in [2.24, 2.45) is 0 Å². The number of nitrogens with zero attached hydrogens (tertiary/aromatic N) is 3. The van der Waals surface area contributed by atoms with E-state index in [1.54, 1.807) is 0 Å². The summed E-state index contributed by atoms with van der Waals surface area (Å²) in [7, 11) is 0. The number of hydrogen-bond acceptors (Lipinski definition) is 5. The molecule has 0 unspecified atom stereocenters. The van der Waals surface area contributed by atoms with Crippen LogP contribution in [0.2, 0.25) is 0 Å². The van der Waals surface area contributed by atoms with Crippen molar-refractivity contribution in [2.45, 2.75) is 25.5 Å². The summed E-state index contributed by atoms with van der Waals surface area (Å²) in [5, 5.41) is 9.34. The molecule has 0 spiro atoms. The minimum Gasteiger partial charge on any atom is -0.446 e. The van der Waals surface area contributed by atoms with Crippen molar-refractivity contribution in [1.29, 1.82) is 0 Å². The van der Waals surface area contributed by atoms with Crippen LogP contribution in [0.25, 0.3) is 11.6 Å². The molecular weight excluding hydrogens is 452 g/mol. The fraction of sp³-hybridized carbons (Fsp3) is 0.190. The zero-order valence-corrected chi connectivity index (χ0v) is 18.4. The largest absolute Gasteiger partial charge is 0.446 e. The van der Waals surface area contributed by atoms with Gasteiger partial charge in [0.1, 0.15) is 0 Å². The lowest BCUT2D eigenvalue weighted by Gasteiger charge is -2.09. The summed E-state index contributed by atoms with van der Waals surface area (Å²) in [6.45, 7) is 4.44. The predicted molar refractivity (Wildman–Crippen MR) is 116 cm³/mol. The van der Waals surface area contributed by atoms with Crippen LogP contribution in [-0.2, 0) is 6.54 Å². The lowest BCUT2D eigenvalue weighted by atomic mass is 10.2. The van der Waals surface area contributed by atoms with Gasteiger partial charge in [0.2, 0.25) is 5.82 Å². The van der Waals surface area contributed by atoms with Crippen LogP contribution < -0.4 is 0 Å². The molecule has 0 amide bonds. The molecule has 0 saturated heterocycles. The average molecular weight is 471 g/mol. The van der Waals surface area contributed by atoms with Gasteiger partial charge in [-0.05, 0) is 53.5 Å². The van der Waals surface area contributed by atoms with Gasteiger partial charge in [-0.1, -0.05) is 42.1 Å². The van der Waals surface area contributed by atoms with E-state index in [4.69, 9.17) is 4.42 Å². The first kappa shape index (κ1) is 19.7. The maximum atomic E-state index is 12.7. The molecule has 0 radical (unpaired) electrons. The van der Waals surface area contributed by atoms with Crippen molar-refractivity contribution in [3.8, 4) is 11.6 Å². The fourth-order valence-corrected chi connectivity index (χ4v) is 4.27. The highest BCUT2D eigenvalue weighted by Crippen LogP contribution is 2.28. The molecule has 4 aromatic rings. The molecule has 1 aromatic carbocycles. The second-order valence-corrected chi connectivity index (χ2v) is 8.41. The maximum absolute atomic E-state index is 12.7. The van der Waals surface area contributed by atoms with Crippen molar-refractivity contribution >= 4 is 33.5 Å². The first-order valence-corrected chi connectivity index (χ1v) is 10.8. The van der Waals surface area contributed by atoms with Crippen molar-refractivity contribution in [1.82, 2.24) is 19.7 Å². The molecule has 148 valence electrons. The van der Waals surface area contributed by atoms with Gasteiger partial charge in [0, 0.05) is 17.0 Å². The molecule has 29 heavy (non-hydrogen) atoms. The van der Waals surface area contributed by atoms with Gasteiger partial charge in [-0.3, -0.25) is 9.36 Å². The number of H-pyrrole nitrogens is 1. The first-order valence-electron chi connectivity index (χ1n) is 9.06. The smallest absolute Gasteiger partial charge is 0.200 e. The quantitative estimate of drug-likeness (QED) is 0.294. The van der Waals surface area contributed by atoms with Crippen molar-refractivity contribution in [3.63, 3.8) is 0 Å². The third-order valence-corrected chi connectivity index (χ3v) is 5.87. The minimum atomic E-state index is 0.0633. The highest BCUT2D eigenvalue weighted by atomic mass is 79.9. The molecule has 6 nitrogen and oxygen atoms in total. The van der Waals surface area contributed by atoms with Gasteiger partial charge < -0.3 is 9.40 Å². The SMILES string of the molecule is Cc1cc(C(=O)CSc2nnc(-c3ccc(Br)o3)n2Cc2ccccc2)c(C)[nH]1. The Balaban J connectivity index is 1.61. The Labute approximate surface area is 180 Å². The summed E-state index contributed by atoms with van der Waals surface area (Å²) in [6.07, 6.45) is 0. The van der Waals surface area contributed by atoms with Gasteiger partial charge in [0.05, 0.1) is 12.3 Å². The second-order valence-electron chi connectivity index (χ2n) is 6.68. The summed E-state index contributed by atoms with van der Waals surface area (Å²) >= 11 is 4.72. The van der Waals surface area contributed by atoms with Crippen molar-refractivity contribution in [3.05, 3.63) is 75.7 Å². The summed E-state index contributed by atoms with van der Waals surface area (Å²) in [4.78, 5) is 15.9. The van der Waals surface area contributed by atoms with Crippen LogP contribution in [0.4, 0.5) is 0 Å². The molecule has 0 aliphatic rings. The van der Waals surface area contributed by atoms with Gasteiger partial charge in [-0.15, -0.1) is 10.2 Å². The number of rotatable bonds is 7. The number of benzene rings is 1. The van der Waals surface area contributed by atoms with Crippen molar-refractivity contribution in [2.75, 3.05) is 5.75 Å². The van der Waals surface area contributed by atoms with Crippen LogP contribution in [0.15, 0.2) is 62.8 Å². The van der Waals surface area contributed by atoms with Gasteiger partial charge in [0.15, 0.2) is 21.4 Å². The fourth-order valence-electron chi connectivity index (χ4n) is 3.14. The van der Waals surface area contributed by atoms with Gasteiger partial charge in [-0.25, -0.2) is 0 Å². The van der Waals surface area contributed by atoms with Crippen LogP contribution >= 0.6 is 27.7 Å². The number of Topliss-reactive ketones (excluding diaryl/α,β-unsaturated/α-hetero) is 1. The molecule has 3 aromatic heterocycles. The number of aromatic nitrogens is 4. The van der Waals surface area contributed by atoms with Gasteiger partial charge in [0.25, 0.3) is 0 Å². The van der Waals surface area contributed by atoms with E-state index in [1.165, 1.54) is 11.8 Å². The first-order chi connectivity index (χ1) is 14.0. The van der Waals surface area contributed by atoms with E-state index in [9.17, 15) is 4.79 Å². The Morgan fingerprint density at radius 2 is 1.97 bits per heavy atom. The van der Waals surface area contributed by atoms with Crippen LogP contribution in [0.5, 0.6) is 0 Å². The number of nitrogens with one attached hydrogen (secondary N) is 1. The lowest BCUT2D eigenvalue weighted by molar-refractivity contribution is 0.102. The van der Waals surface area contributed by atoms with Gasteiger partial charge in [-0.2, -0.15) is 0 Å². The third-order valence-electron chi connectivity index (χ3n) is 4.48. The highest BCUT2D eigenvalue weighted by molar-refractivity contribution is 9.10. The normalized spacial score (nSPS) is 11.1. The number of aryl methyl sites for hydroxylation is 2. The topological polar surface area (TPSA) is 76.7 Å². The number of aromatic amines is 1. The lowest BCUT2D eigenvalue weighted by Crippen LogP contribution is -2.07. The number of ketones is 1. The summed E-state index contributed by atoms with van der Waals surface area (Å²) in [6, 6.07) is 15.6. The average Bonchev–Trinajstić information content (AvgIpc) is 3.39. The Morgan fingerprint density at radius 1 is 1.17 bits per heavy atom. The Kier molecular flexibility index (Phi) is 5.73. The summed E-state index contributed by atoms with van der Waals surface area (Å²) in [5.41, 5.74) is 3.71. The molecular formula is C21H19BrN4O2S. The van der Waals surface area contributed by atoms with Crippen LogP contribution in [-0.4, -0.2) is 31.3 Å². The molecule has 4 rings (SSSR count). The van der Waals surface area contributed by atoms with Crippen LogP contribution in [0, 0.1) is 13.8 Å². The number of furan rings is 1. The number of carbonyl (C=O) groups is 1. The summed E-state index contributed by atoms with van der Waals surface area (Å²) < 4.78 is 8.30. The van der Waals surface area contributed by atoms with Crippen LogP contribution in [0.3, 0.4) is 0 Å². The van der Waals surface area contributed by atoms with E-state index in [0.29, 0.717) is 28.0 Å². The molecule has 0 aliphatic heterocycles. The van der Waals surface area contributed by atoms with E-state index in [0.717, 1.165) is 22.5 Å².